The molecule has 122 valence electrons. The summed E-state index contributed by atoms with van der Waals surface area (Å²) in [5, 5.41) is 8.86. The molecule has 1 aromatic carbocycles. The highest BCUT2D eigenvalue weighted by Crippen LogP contribution is 2.15. The number of aliphatic hydroxyl groups is 1. The topological polar surface area (TPSA) is 55.5 Å². The lowest BCUT2D eigenvalue weighted by atomic mass is 10.1. The predicted molar refractivity (Wildman–Crippen MR) is 91.3 cm³/mol. The van der Waals surface area contributed by atoms with E-state index in [2.05, 4.69) is 19.1 Å². The zero-order valence-corrected chi connectivity index (χ0v) is 13.9. The molecule has 1 rings (SSSR count). The van der Waals surface area contributed by atoms with Crippen LogP contribution in [0.2, 0.25) is 0 Å². The molecule has 0 fully saturated rings. The first-order valence-corrected chi connectivity index (χ1v) is 7.84. The van der Waals surface area contributed by atoms with Gasteiger partial charge in [-0.2, -0.15) is 0 Å². The molecule has 0 spiro atoms. The highest BCUT2D eigenvalue weighted by molar-refractivity contribution is 5.85. The first kappa shape index (κ1) is 20.2. The Morgan fingerprint density at radius 3 is 2.43 bits per heavy atom. The molecule has 0 heterocycles. The van der Waals surface area contributed by atoms with E-state index in [0.717, 1.165) is 38.0 Å². The van der Waals surface area contributed by atoms with Gasteiger partial charge in [0.25, 0.3) is 0 Å². The molecule has 4 heteroatoms. The zero-order valence-electron chi connectivity index (χ0n) is 13.1. The monoisotopic (exact) mass is 315 g/mol. The fraction of sp³-hybridized carbons (Fsp3) is 0.647. The van der Waals surface area contributed by atoms with Crippen molar-refractivity contribution in [1.29, 1.82) is 0 Å². The second-order valence-electron chi connectivity index (χ2n) is 5.39. The van der Waals surface area contributed by atoms with Gasteiger partial charge >= 0.3 is 0 Å². The SMILES string of the molecule is CCCCCCOc1ccc(CCCC(N)CO)cc1.Cl. The van der Waals surface area contributed by atoms with Crippen LogP contribution in [0.3, 0.4) is 0 Å². The van der Waals surface area contributed by atoms with Crippen LogP contribution in [0.25, 0.3) is 0 Å². The van der Waals surface area contributed by atoms with E-state index >= 15 is 0 Å². The average Bonchev–Trinajstić information content (AvgIpc) is 2.48. The Bertz CT molecular complexity index is 343. The molecule has 1 aromatic rings. The third-order valence-corrected chi connectivity index (χ3v) is 3.46. The number of hydrogen-bond donors (Lipinski definition) is 2. The third kappa shape index (κ3) is 9.72. The fourth-order valence-corrected chi connectivity index (χ4v) is 2.13. The van der Waals surface area contributed by atoms with Gasteiger partial charge in [0.2, 0.25) is 0 Å². The zero-order chi connectivity index (χ0) is 14.6. The van der Waals surface area contributed by atoms with E-state index in [4.69, 9.17) is 15.6 Å². The van der Waals surface area contributed by atoms with Gasteiger partial charge < -0.3 is 15.6 Å². The molecule has 0 aliphatic carbocycles. The fourth-order valence-electron chi connectivity index (χ4n) is 2.13. The summed E-state index contributed by atoms with van der Waals surface area (Å²) in [6, 6.07) is 8.24. The predicted octanol–water partition coefficient (Wildman–Crippen LogP) is 3.71. The Morgan fingerprint density at radius 2 is 1.81 bits per heavy atom. The second kappa shape index (κ2) is 12.9. The van der Waals surface area contributed by atoms with E-state index in [1.165, 1.54) is 24.8 Å². The van der Waals surface area contributed by atoms with Gasteiger partial charge in [-0.25, -0.2) is 0 Å². The summed E-state index contributed by atoms with van der Waals surface area (Å²) in [7, 11) is 0. The summed E-state index contributed by atoms with van der Waals surface area (Å²) >= 11 is 0. The normalized spacial score (nSPS) is 11.8. The van der Waals surface area contributed by atoms with Gasteiger partial charge in [-0.3, -0.25) is 0 Å². The van der Waals surface area contributed by atoms with Gasteiger partial charge in [0.05, 0.1) is 13.2 Å². The van der Waals surface area contributed by atoms with Crippen molar-refractivity contribution in [1.82, 2.24) is 0 Å². The van der Waals surface area contributed by atoms with E-state index in [1.54, 1.807) is 0 Å². The first-order valence-electron chi connectivity index (χ1n) is 7.84. The maximum absolute atomic E-state index is 8.86. The molecule has 0 saturated heterocycles. The molecule has 0 amide bonds. The van der Waals surface area contributed by atoms with Crippen molar-refractivity contribution in [3.63, 3.8) is 0 Å². The molecule has 0 aliphatic rings. The number of ether oxygens (including phenoxy) is 1. The van der Waals surface area contributed by atoms with Crippen molar-refractivity contribution in [2.24, 2.45) is 5.73 Å². The van der Waals surface area contributed by atoms with E-state index in [1.807, 2.05) is 12.1 Å². The highest BCUT2D eigenvalue weighted by Gasteiger charge is 2.01. The number of aliphatic hydroxyl groups excluding tert-OH is 1. The summed E-state index contributed by atoms with van der Waals surface area (Å²) in [6.07, 6.45) is 7.82. The number of unbranched alkanes of at least 4 members (excludes halogenated alkanes) is 3. The number of nitrogens with two attached hydrogens (primary N) is 1. The van der Waals surface area contributed by atoms with Crippen molar-refractivity contribution < 1.29 is 9.84 Å². The van der Waals surface area contributed by atoms with Crippen LogP contribution in [0.4, 0.5) is 0 Å². The molecule has 3 N–H and O–H groups in total. The molecule has 0 aliphatic heterocycles. The van der Waals surface area contributed by atoms with Gasteiger partial charge in [-0.15, -0.1) is 12.4 Å². The van der Waals surface area contributed by atoms with E-state index in [0.29, 0.717) is 0 Å². The van der Waals surface area contributed by atoms with Crippen LogP contribution in [-0.4, -0.2) is 24.4 Å². The van der Waals surface area contributed by atoms with Crippen molar-refractivity contribution >= 4 is 12.4 Å². The molecule has 21 heavy (non-hydrogen) atoms. The highest BCUT2D eigenvalue weighted by atomic mass is 35.5. The maximum atomic E-state index is 8.86. The first-order chi connectivity index (χ1) is 9.76. The van der Waals surface area contributed by atoms with E-state index in [-0.39, 0.29) is 25.1 Å². The molecular formula is C17H30ClNO2. The standard InChI is InChI=1S/C17H29NO2.ClH/c1-2-3-4-5-13-20-17-11-9-15(10-12-17)7-6-8-16(18)14-19;/h9-12,16,19H,2-8,13-14,18H2,1H3;1H. The van der Waals surface area contributed by atoms with Crippen LogP contribution < -0.4 is 10.5 Å². The number of benzene rings is 1. The van der Waals surface area contributed by atoms with Crippen molar-refractivity contribution in [3.8, 4) is 5.75 Å². The number of hydrogen-bond acceptors (Lipinski definition) is 3. The molecule has 3 nitrogen and oxygen atoms in total. The van der Waals surface area contributed by atoms with Crippen molar-refractivity contribution in [2.75, 3.05) is 13.2 Å². The minimum atomic E-state index is -0.0827. The summed E-state index contributed by atoms with van der Waals surface area (Å²) in [5.41, 5.74) is 6.98. The van der Waals surface area contributed by atoms with Crippen molar-refractivity contribution in [2.45, 2.75) is 57.9 Å². The van der Waals surface area contributed by atoms with Crippen molar-refractivity contribution in [3.05, 3.63) is 29.8 Å². The molecule has 1 unspecified atom stereocenters. The molecular weight excluding hydrogens is 286 g/mol. The minimum absolute atomic E-state index is 0. The van der Waals surface area contributed by atoms with Gasteiger partial charge in [-0.05, 0) is 43.4 Å². The Labute approximate surface area is 135 Å². The number of rotatable bonds is 11. The lowest BCUT2D eigenvalue weighted by molar-refractivity contribution is 0.258. The van der Waals surface area contributed by atoms with Crippen LogP contribution in [0.5, 0.6) is 5.75 Å². The minimum Gasteiger partial charge on any atom is -0.494 e. The second-order valence-corrected chi connectivity index (χ2v) is 5.39. The smallest absolute Gasteiger partial charge is 0.119 e. The van der Waals surface area contributed by atoms with E-state index < -0.39 is 0 Å². The van der Waals surface area contributed by atoms with Gasteiger partial charge in [-0.1, -0.05) is 38.3 Å². The molecule has 0 bridgehead atoms. The molecule has 0 radical (unpaired) electrons. The average molecular weight is 316 g/mol. The molecule has 0 saturated carbocycles. The van der Waals surface area contributed by atoms with Crippen LogP contribution in [0.15, 0.2) is 24.3 Å². The van der Waals surface area contributed by atoms with E-state index in [9.17, 15) is 0 Å². The van der Waals surface area contributed by atoms with Gasteiger partial charge in [0, 0.05) is 6.04 Å². The molecule has 0 aromatic heterocycles. The lowest BCUT2D eigenvalue weighted by Gasteiger charge is -2.09. The molecule has 1 atom stereocenters. The Hall–Kier alpha value is -0.770. The summed E-state index contributed by atoms with van der Waals surface area (Å²) in [5.74, 6) is 0.956. The Balaban J connectivity index is 0.00000400. The number of aryl methyl sites for hydroxylation is 1. The summed E-state index contributed by atoms with van der Waals surface area (Å²) in [4.78, 5) is 0. The quantitative estimate of drug-likeness (QED) is 0.612. The Kier molecular flexibility index (Phi) is 12.5. The summed E-state index contributed by atoms with van der Waals surface area (Å²) in [6.45, 7) is 3.10. The van der Waals surface area contributed by atoms with Gasteiger partial charge in [0.1, 0.15) is 5.75 Å². The number of halogens is 1. The van der Waals surface area contributed by atoms with Crippen LogP contribution in [0.1, 0.15) is 51.0 Å². The summed E-state index contributed by atoms with van der Waals surface area (Å²) < 4.78 is 5.71. The van der Waals surface area contributed by atoms with Gasteiger partial charge in [0.15, 0.2) is 0 Å². The Morgan fingerprint density at radius 1 is 1.10 bits per heavy atom. The third-order valence-electron chi connectivity index (χ3n) is 3.46. The maximum Gasteiger partial charge on any atom is 0.119 e. The van der Waals surface area contributed by atoms with Crippen LogP contribution in [-0.2, 0) is 6.42 Å². The van der Waals surface area contributed by atoms with Crippen LogP contribution >= 0.6 is 12.4 Å². The lowest BCUT2D eigenvalue weighted by Crippen LogP contribution is -2.24. The van der Waals surface area contributed by atoms with Crippen LogP contribution in [0, 0.1) is 0 Å². The largest absolute Gasteiger partial charge is 0.494 e.